The van der Waals surface area contributed by atoms with Gasteiger partial charge in [0.05, 0.1) is 5.60 Å². The number of anilines is 1. The van der Waals surface area contributed by atoms with E-state index in [4.69, 9.17) is 0 Å². The van der Waals surface area contributed by atoms with Crippen molar-refractivity contribution in [3.8, 4) is 0 Å². The van der Waals surface area contributed by atoms with Crippen LogP contribution in [0.5, 0.6) is 0 Å². The summed E-state index contributed by atoms with van der Waals surface area (Å²) in [6.45, 7) is 7.29. The minimum Gasteiger partial charge on any atom is -0.385 e. The predicted molar refractivity (Wildman–Crippen MR) is 88.9 cm³/mol. The van der Waals surface area contributed by atoms with Gasteiger partial charge in [0.15, 0.2) is 0 Å². The molecule has 1 aliphatic heterocycles. The van der Waals surface area contributed by atoms with E-state index in [1.807, 2.05) is 45.0 Å². The van der Waals surface area contributed by atoms with Gasteiger partial charge in [0.25, 0.3) is 0 Å². The minimum atomic E-state index is -0.866. The fourth-order valence-corrected chi connectivity index (χ4v) is 2.73. The Morgan fingerprint density at radius 2 is 1.86 bits per heavy atom. The van der Waals surface area contributed by atoms with Crippen molar-refractivity contribution in [1.82, 2.24) is 4.67 Å². The zero-order chi connectivity index (χ0) is 15.7. The highest BCUT2D eigenvalue weighted by atomic mass is 31.0. The number of nitrogens with one attached hydrogen (secondary N) is 1. The van der Waals surface area contributed by atoms with Gasteiger partial charge in [0.2, 0.25) is 5.91 Å². The van der Waals surface area contributed by atoms with Crippen LogP contribution in [0.4, 0.5) is 5.69 Å². The molecule has 21 heavy (non-hydrogen) atoms. The van der Waals surface area contributed by atoms with Crippen LogP contribution in [0.15, 0.2) is 24.3 Å². The molecule has 1 atom stereocenters. The van der Waals surface area contributed by atoms with E-state index in [1.165, 1.54) is 0 Å². The van der Waals surface area contributed by atoms with Gasteiger partial charge in [-0.15, -0.1) is 0 Å². The van der Waals surface area contributed by atoms with Gasteiger partial charge >= 0.3 is 0 Å². The zero-order valence-electron chi connectivity index (χ0n) is 13.0. The quantitative estimate of drug-likeness (QED) is 0.826. The summed E-state index contributed by atoms with van der Waals surface area (Å²) in [6.07, 6.45) is 1.33. The van der Waals surface area contributed by atoms with Crippen LogP contribution in [0.1, 0.15) is 39.2 Å². The Bertz CT molecular complexity index is 517. The minimum absolute atomic E-state index is 0.0398. The van der Waals surface area contributed by atoms with Gasteiger partial charge in [-0.1, -0.05) is 48.4 Å². The van der Waals surface area contributed by atoms with Crippen LogP contribution in [0.3, 0.4) is 0 Å². The normalized spacial score (nSPS) is 19.3. The average Bonchev–Trinajstić information content (AvgIpc) is 2.42. The molecule has 4 nitrogen and oxygen atoms in total. The molecular formula is C16H25N2O2P. The lowest BCUT2D eigenvalue weighted by Gasteiger charge is -2.38. The number of benzene rings is 1. The van der Waals surface area contributed by atoms with Gasteiger partial charge in [0.1, 0.15) is 0 Å². The molecule has 2 N–H and O–H groups in total. The summed E-state index contributed by atoms with van der Waals surface area (Å²) in [7, 11) is 2.68. The molecule has 1 fully saturated rings. The summed E-state index contributed by atoms with van der Waals surface area (Å²) in [4.78, 5) is 12.2. The highest BCUT2D eigenvalue weighted by Gasteiger charge is 2.35. The Balaban J connectivity index is 2.27. The molecule has 0 spiro atoms. The topological polar surface area (TPSA) is 52.6 Å². The smallest absolute Gasteiger partial charge is 0.229 e. The lowest BCUT2D eigenvalue weighted by molar-refractivity contribution is -0.123. The highest BCUT2D eigenvalue weighted by molar-refractivity contribution is 7.13. The van der Waals surface area contributed by atoms with E-state index in [0.29, 0.717) is 12.8 Å². The van der Waals surface area contributed by atoms with Crippen LogP contribution in [0.25, 0.3) is 0 Å². The van der Waals surface area contributed by atoms with Crippen molar-refractivity contribution in [3.63, 3.8) is 0 Å². The summed E-state index contributed by atoms with van der Waals surface area (Å²) < 4.78 is 2.13. The third-order valence-corrected chi connectivity index (χ3v) is 4.50. The van der Waals surface area contributed by atoms with E-state index in [9.17, 15) is 9.90 Å². The Hall–Kier alpha value is -0.960. The van der Waals surface area contributed by atoms with E-state index in [2.05, 4.69) is 19.4 Å². The summed E-state index contributed by atoms with van der Waals surface area (Å²) in [5.74, 6) is -0.0398. The maximum Gasteiger partial charge on any atom is 0.229 e. The molecule has 1 amide bonds. The van der Waals surface area contributed by atoms with Gasteiger partial charge in [-0.05, 0) is 18.9 Å². The molecule has 2 rings (SSSR count). The predicted octanol–water partition coefficient (Wildman–Crippen LogP) is 2.74. The van der Waals surface area contributed by atoms with Crippen molar-refractivity contribution in [3.05, 3.63) is 29.8 Å². The zero-order valence-corrected chi connectivity index (χ0v) is 14.2. The van der Waals surface area contributed by atoms with Crippen molar-refractivity contribution in [2.45, 2.75) is 39.2 Å². The fraction of sp³-hybridized carbons (Fsp3) is 0.562. The van der Waals surface area contributed by atoms with Crippen molar-refractivity contribution in [2.75, 3.05) is 18.4 Å². The Labute approximate surface area is 129 Å². The number of amides is 1. The number of para-hydroxylation sites is 1. The largest absolute Gasteiger partial charge is 0.385 e. The number of carbonyl (C=O) groups excluding carboxylic acids is 1. The second kappa shape index (κ2) is 6.04. The van der Waals surface area contributed by atoms with Gasteiger partial charge in [-0.25, -0.2) is 0 Å². The van der Waals surface area contributed by atoms with Crippen LogP contribution >= 0.6 is 9.39 Å². The molecule has 0 aromatic heterocycles. The number of hydrogen-bond donors (Lipinski definition) is 2. The van der Waals surface area contributed by atoms with Crippen molar-refractivity contribution < 1.29 is 9.90 Å². The van der Waals surface area contributed by atoms with E-state index in [-0.39, 0.29) is 5.91 Å². The molecule has 0 aliphatic carbocycles. The molecule has 0 saturated carbocycles. The standard InChI is InChI=1S/C16H25N2O2P/c1-15(2,3)14(19)17-13-7-5-4-6-12(13)16(20)8-10-18(21)11-9-16/h4-7,20H,8-11,21H2,1-3H3,(H,17,19). The van der Waals surface area contributed by atoms with Gasteiger partial charge < -0.3 is 10.4 Å². The second-order valence-electron chi connectivity index (χ2n) is 6.82. The first-order valence-corrected chi connectivity index (χ1v) is 7.87. The fourth-order valence-electron chi connectivity index (χ4n) is 2.47. The van der Waals surface area contributed by atoms with E-state index in [1.54, 1.807) is 0 Å². The van der Waals surface area contributed by atoms with Crippen molar-refractivity contribution in [1.29, 1.82) is 0 Å². The van der Waals surface area contributed by atoms with E-state index in [0.717, 1.165) is 24.3 Å². The number of carbonyl (C=O) groups is 1. The molecule has 1 aromatic rings. The molecule has 1 saturated heterocycles. The summed E-state index contributed by atoms with van der Waals surface area (Å²) in [5.41, 5.74) is 0.214. The third kappa shape index (κ3) is 3.82. The first-order chi connectivity index (χ1) is 9.72. The monoisotopic (exact) mass is 308 g/mol. The first kappa shape index (κ1) is 16.4. The molecule has 5 heteroatoms. The Morgan fingerprint density at radius 3 is 2.43 bits per heavy atom. The first-order valence-electron chi connectivity index (χ1n) is 7.35. The molecule has 1 heterocycles. The molecule has 1 aliphatic rings. The number of nitrogens with zero attached hydrogens (tertiary/aromatic N) is 1. The van der Waals surface area contributed by atoms with Crippen LogP contribution in [0, 0.1) is 5.41 Å². The van der Waals surface area contributed by atoms with E-state index >= 15 is 0 Å². The van der Waals surface area contributed by atoms with Gasteiger partial charge in [-0.3, -0.25) is 9.46 Å². The third-order valence-electron chi connectivity index (χ3n) is 3.98. The molecular weight excluding hydrogens is 283 g/mol. The Morgan fingerprint density at radius 1 is 1.29 bits per heavy atom. The Kier molecular flexibility index (Phi) is 4.72. The highest BCUT2D eigenvalue weighted by Crippen LogP contribution is 2.38. The van der Waals surface area contributed by atoms with Crippen molar-refractivity contribution >= 4 is 21.0 Å². The maximum atomic E-state index is 12.2. The van der Waals surface area contributed by atoms with Gasteiger partial charge in [0, 0.05) is 29.8 Å². The number of rotatable bonds is 2. The number of aliphatic hydroxyl groups is 1. The van der Waals surface area contributed by atoms with E-state index < -0.39 is 11.0 Å². The molecule has 0 bridgehead atoms. The lowest BCUT2D eigenvalue weighted by atomic mass is 9.84. The van der Waals surface area contributed by atoms with Crippen LogP contribution in [-0.4, -0.2) is 28.8 Å². The molecule has 0 radical (unpaired) electrons. The number of hydrogen-bond acceptors (Lipinski definition) is 3. The average molecular weight is 308 g/mol. The summed E-state index contributed by atoms with van der Waals surface area (Å²) >= 11 is 0. The van der Waals surface area contributed by atoms with Crippen LogP contribution in [-0.2, 0) is 10.4 Å². The van der Waals surface area contributed by atoms with Crippen LogP contribution in [0.2, 0.25) is 0 Å². The molecule has 1 unspecified atom stereocenters. The lowest BCUT2D eigenvalue weighted by Crippen LogP contribution is -2.39. The van der Waals surface area contributed by atoms with Gasteiger partial charge in [-0.2, -0.15) is 0 Å². The number of piperidine rings is 1. The SMILES string of the molecule is CC(C)(C)C(=O)Nc1ccccc1C1(O)CCN(P)CC1. The summed E-state index contributed by atoms with van der Waals surface area (Å²) in [5, 5.41) is 13.9. The summed E-state index contributed by atoms with van der Waals surface area (Å²) in [6, 6.07) is 7.57. The van der Waals surface area contributed by atoms with Crippen molar-refractivity contribution in [2.24, 2.45) is 5.41 Å². The second-order valence-corrected chi connectivity index (χ2v) is 7.55. The van der Waals surface area contributed by atoms with Crippen LogP contribution < -0.4 is 5.32 Å². The maximum absolute atomic E-state index is 12.2. The molecule has 1 aromatic carbocycles. The molecule has 116 valence electrons.